The van der Waals surface area contributed by atoms with Gasteiger partial charge in [0.15, 0.2) is 0 Å². The standard InChI is InChI=1S/C5H8ClNO2S/c1-3(8)7-4(2-10)5(6)9/h4,10H,2H2,1H3,(H,7,8). The average molecular weight is 182 g/mol. The van der Waals surface area contributed by atoms with Crippen molar-refractivity contribution in [1.82, 2.24) is 5.32 Å². The highest BCUT2D eigenvalue weighted by Gasteiger charge is 2.13. The van der Waals surface area contributed by atoms with E-state index in [0.717, 1.165) is 0 Å². The Balaban J connectivity index is 3.83. The van der Waals surface area contributed by atoms with Gasteiger partial charge in [0.2, 0.25) is 11.1 Å². The number of hydrogen-bond donors (Lipinski definition) is 2. The number of halogens is 1. The van der Waals surface area contributed by atoms with Gasteiger partial charge in [-0.3, -0.25) is 9.59 Å². The first kappa shape index (κ1) is 9.78. The molecule has 3 nitrogen and oxygen atoms in total. The van der Waals surface area contributed by atoms with E-state index in [4.69, 9.17) is 11.6 Å². The van der Waals surface area contributed by atoms with Crippen LogP contribution in [0.3, 0.4) is 0 Å². The van der Waals surface area contributed by atoms with Crippen molar-refractivity contribution in [3.05, 3.63) is 0 Å². The van der Waals surface area contributed by atoms with Crippen LogP contribution in [0.15, 0.2) is 0 Å². The first-order valence-electron chi connectivity index (χ1n) is 2.65. The minimum Gasteiger partial charge on any atom is -0.344 e. The van der Waals surface area contributed by atoms with E-state index in [9.17, 15) is 9.59 Å². The van der Waals surface area contributed by atoms with Gasteiger partial charge in [-0.1, -0.05) is 0 Å². The molecule has 1 amide bonds. The maximum Gasteiger partial charge on any atom is 0.244 e. The predicted octanol–water partition coefficient (Wildman–Crippen LogP) is 0.186. The Kier molecular flexibility index (Phi) is 4.47. The highest BCUT2D eigenvalue weighted by Crippen LogP contribution is 1.93. The molecule has 0 heterocycles. The van der Waals surface area contributed by atoms with Crippen LogP contribution in [0.5, 0.6) is 0 Å². The van der Waals surface area contributed by atoms with Gasteiger partial charge in [0, 0.05) is 12.7 Å². The van der Waals surface area contributed by atoms with Gasteiger partial charge in [0.25, 0.3) is 0 Å². The molecule has 58 valence electrons. The number of thiol groups is 1. The second-order valence-electron chi connectivity index (χ2n) is 1.74. The molecular weight excluding hydrogens is 174 g/mol. The minimum absolute atomic E-state index is 0.224. The van der Waals surface area contributed by atoms with E-state index in [1.54, 1.807) is 0 Å². The van der Waals surface area contributed by atoms with Crippen molar-refractivity contribution < 1.29 is 9.59 Å². The van der Waals surface area contributed by atoms with Gasteiger partial charge in [0.1, 0.15) is 6.04 Å². The van der Waals surface area contributed by atoms with E-state index in [2.05, 4.69) is 17.9 Å². The first-order chi connectivity index (χ1) is 4.57. The van der Waals surface area contributed by atoms with E-state index < -0.39 is 11.3 Å². The third kappa shape index (κ3) is 3.74. The van der Waals surface area contributed by atoms with Crippen molar-refractivity contribution in [3.8, 4) is 0 Å². The number of nitrogens with one attached hydrogen (secondary N) is 1. The van der Waals surface area contributed by atoms with E-state index in [0.29, 0.717) is 0 Å². The Morgan fingerprint density at radius 2 is 2.20 bits per heavy atom. The van der Waals surface area contributed by atoms with Gasteiger partial charge in [-0.2, -0.15) is 12.6 Å². The Morgan fingerprint density at radius 3 is 2.30 bits per heavy atom. The van der Waals surface area contributed by atoms with E-state index >= 15 is 0 Å². The maximum absolute atomic E-state index is 10.4. The Labute approximate surface area is 69.5 Å². The third-order valence-corrected chi connectivity index (χ3v) is 1.46. The molecule has 0 saturated carbocycles. The summed E-state index contributed by atoms with van der Waals surface area (Å²) in [6.45, 7) is 1.32. The zero-order valence-electron chi connectivity index (χ0n) is 5.43. The van der Waals surface area contributed by atoms with Gasteiger partial charge in [0.05, 0.1) is 0 Å². The zero-order chi connectivity index (χ0) is 8.15. The molecule has 0 radical (unpaired) electrons. The maximum atomic E-state index is 10.4. The highest BCUT2D eigenvalue weighted by molar-refractivity contribution is 7.80. The number of rotatable bonds is 3. The van der Waals surface area contributed by atoms with Gasteiger partial charge in [-0.15, -0.1) is 0 Å². The van der Waals surface area contributed by atoms with Crippen LogP contribution in [0.4, 0.5) is 0 Å². The van der Waals surface area contributed by atoms with Gasteiger partial charge in [-0.05, 0) is 11.6 Å². The molecule has 1 N–H and O–H groups in total. The summed E-state index contributed by atoms with van der Waals surface area (Å²) in [6, 6.07) is -0.664. The van der Waals surface area contributed by atoms with Crippen molar-refractivity contribution in [2.45, 2.75) is 13.0 Å². The molecule has 0 aromatic heterocycles. The molecule has 5 heteroatoms. The molecule has 0 spiro atoms. The fourth-order valence-corrected chi connectivity index (χ4v) is 0.916. The van der Waals surface area contributed by atoms with Crippen LogP contribution >= 0.6 is 24.2 Å². The lowest BCUT2D eigenvalue weighted by atomic mass is 10.4. The van der Waals surface area contributed by atoms with Gasteiger partial charge < -0.3 is 5.32 Å². The second kappa shape index (κ2) is 4.57. The summed E-state index contributed by atoms with van der Waals surface area (Å²) in [5.74, 6) is -0.0601. The highest BCUT2D eigenvalue weighted by atomic mass is 35.5. The van der Waals surface area contributed by atoms with Crippen molar-refractivity contribution in [3.63, 3.8) is 0 Å². The van der Waals surface area contributed by atoms with E-state index in [-0.39, 0.29) is 11.7 Å². The van der Waals surface area contributed by atoms with Crippen molar-refractivity contribution >= 4 is 35.4 Å². The first-order valence-corrected chi connectivity index (χ1v) is 3.66. The van der Waals surface area contributed by atoms with Crippen LogP contribution in [0, 0.1) is 0 Å². The molecule has 1 unspecified atom stereocenters. The Hall–Kier alpha value is -0.220. The van der Waals surface area contributed by atoms with Crippen molar-refractivity contribution in [1.29, 1.82) is 0 Å². The summed E-state index contributed by atoms with van der Waals surface area (Å²) in [5, 5.41) is 1.74. The predicted molar refractivity (Wildman–Crippen MR) is 42.3 cm³/mol. The van der Waals surface area contributed by atoms with Crippen molar-refractivity contribution in [2.75, 3.05) is 5.75 Å². The Morgan fingerprint density at radius 1 is 1.70 bits per heavy atom. The average Bonchev–Trinajstić information content (AvgIpc) is 1.81. The van der Waals surface area contributed by atoms with E-state index in [1.165, 1.54) is 6.92 Å². The van der Waals surface area contributed by atoms with Crippen LogP contribution < -0.4 is 5.32 Å². The molecule has 0 fully saturated rings. The van der Waals surface area contributed by atoms with Crippen LogP contribution in [-0.2, 0) is 9.59 Å². The molecule has 0 aliphatic heterocycles. The van der Waals surface area contributed by atoms with Crippen molar-refractivity contribution in [2.24, 2.45) is 0 Å². The molecule has 0 saturated heterocycles. The van der Waals surface area contributed by atoms with Crippen LogP contribution in [0.1, 0.15) is 6.92 Å². The molecular formula is C5H8ClNO2S. The fourth-order valence-electron chi connectivity index (χ4n) is 0.420. The Bertz CT molecular complexity index is 151. The normalized spacial score (nSPS) is 12.3. The van der Waals surface area contributed by atoms with Crippen LogP contribution in [0.25, 0.3) is 0 Å². The lowest BCUT2D eigenvalue weighted by Gasteiger charge is -2.08. The number of carbonyl (C=O) groups is 2. The number of hydrogen-bond acceptors (Lipinski definition) is 3. The molecule has 0 rings (SSSR count). The quantitative estimate of drug-likeness (QED) is 0.482. The number of carbonyl (C=O) groups excluding carboxylic acids is 2. The van der Waals surface area contributed by atoms with Crippen LogP contribution in [-0.4, -0.2) is 22.9 Å². The molecule has 1 atom stereocenters. The largest absolute Gasteiger partial charge is 0.344 e. The summed E-state index contributed by atoms with van der Waals surface area (Å²) >= 11 is 8.90. The number of amides is 1. The summed E-state index contributed by atoms with van der Waals surface area (Å²) in [5.41, 5.74) is 0. The second-order valence-corrected chi connectivity index (χ2v) is 2.48. The lowest BCUT2D eigenvalue weighted by molar-refractivity contribution is -0.122. The SMILES string of the molecule is CC(=O)NC(CS)C(=O)Cl. The summed E-state index contributed by atoms with van der Waals surface area (Å²) < 4.78 is 0. The summed E-state index contributed by atoms with van der Waals surface area (Å²) in [6.07, 6.45) is 0. The van der Waals surface area contributed by atoms with Gasteiger partial charge >= 0.3 is 0 Å². The smallest absolute Gasteiger partial charge is 0.244 e. The monoisotopic (exact) mass is 181 g/mol. The summed E-state index contributed by atoms with van der Waals surface area (Å²) in [7, 11) is 0. The molecule has 10 heavy (non-hydrogen) atoms. The third-order valence-electron chi connectivity index (χ3n) is 0.834. The van der Waals surface area contributed by atoms with E-state index in [1.807, 2.05) is 0 Å². The topological polar surface area (TPSA) is 46.2 Å². The zero-order valence-corrected chi connectivity index (χ0v) is 7.08. The summed E-state index contributed by atoms with van der Waals surface area (Å²) in [4.78, 5) is 20.8. The molecule has 0 aromatic rings. The molecule has 0 bridgehead atoms. The lowest BCUT2D eigenvalue weighted by Crippen LogP contribution is -2.38. The van der Waals surface area contributed by atoms with Gasteiger partial charge in [-0.25, -0.2) is 0 Å². The minimum atomic E-state index is -0.664. The van der Waals surface area contributed by atoms with Crippen LogP contribution in [0.2, 0.25) is 0 Å². The fraction of sp³-hybridized carbons (Fsp3) is 0.600. The molecule has 0 aromatic carbocycles. The molecule has 0 aliphatic carbocycles. The molecule has 0 aliphatic rings.